The Hall–Kier alpha value is -1.84. The molecule has 0 unspecified atom stereocenters. The minimum absolute atomic E-state index is 0.193. The van der Waals surface area contributed by atoms with Crippen LogP contribution in [0.4, 0.5) is 0 Å². The Morgan fingerprint density at radius 2 is 1.84 bits per heavy atom. The third kappa shape index (κ3) is 4.42. The first kappa shape index (κ1) is 18.0. The van der Waals surface area contributed by atoms with E-state index in [1.54, 1.807) is 0 Å². The molecule has 2 aliphatic rings. The molecule has 0 heterocycles. The predicted molar refractivity (Wildman–Crippen MR) is 97.5 cm³/mol. The van der Waals surface area contributed by atoms with Gasteiger partial charge in [0.2, 0.25) is 0 Å². The van der Waals surface area contributed by atoms with Crippen molar-refractivity contribution in [1.29, 1.82) is 0 Å². The second-order valence-electron chi connectivity index (χ2n) is 7.71. The SMILES string of the molecule is C[C@@H]1[C@H](C)CCC[C@H]1NC(=O)COC(=O)c1ccc2c(c1)CCCC2. The molecule has 1 aromatic rings. The topological polar surface area (TPSA) is 55.4 Å². The molecule has 0 aliphatic heterocycles. The Balaban J connectivity index is 1.51. The maximum absolute atomic E-state index is 12.2. The fourth-order valence-electron chi connectivity index (χ4n) is 4.11. The van der Waals surface area contributed by atoms with Crippen LogP contribution in [0.1, 0.15) is 67.4 Å². The van der Waals surface area contributed by atoms with Gasteiger partial charge in [0.25, 0.3) is 5.91 Å². The zero-order valence-electron chi connectivity index (χ0n) is 15.3. The van der Waals surface area contributed by atoms with Crippen LogP contribution in [0.25, 0.3) is 0 Å². The van der Waals surface area contributed by atoms with Crippen molar-refractivity contribution in [3.63, 3.8) is 0 Å². The van der Waals surface area contributed by atoms with Gasteiger partial charge in [-0.3, -0.25) is 4.79 Å². The van der Waals surface area contributed by atoms with Crippen LogP contribution in [-0.4, -0.2) is 24.5 Å². The average molecular weight is 343 g/mol. The van der Waals surface area contributed by atoms with E-state index in [-0.39, 0.29) is 18.6 Å². The summed E-state index contributed by atoms with van der Waals surface area (Å²) >= 11 is 0. The number of hydrogen-bond acceptors (Lipinski definition) is 3. The van der Waals surface area contributed by atoms with Crippen LogP contribution in [0.2, 0.25) is 0 Å². The average Bonchev–Trinajstić information content (AvgIpc) is 2.63. The summed E-state index contributed by atoms with van der Waals surface area (Å²) in [7, 11) is 0. The Morgan fingerprint density at radius 1 is 1.08 bits per heavy atom. The van der Waals surface area contributed by atoms with E-state index in [9.17, 15) is 9.59 Å². The highest BCUT2D eigenvalue weighted by Crippen LogP contribution is 2.29. The van der Waals surface area contributed by atoms with Crippen LogP contribution < -0.4 is 5.32 Å². The standard InChI is InChI=1S/C21H29NO3/c1-14-6-5-9-19(15(14)2)22-20(23)13-25-21(24)18-11-10-16-7-3-4-8-17(16)12-18/h10-12,14-15,19H,3-9,13H2,1-2H3,(H,22,23)/t14-,15-,19-/m1/s1. The fraction of sp³-hybridized carbons (Fsp3) is 0.619. The van der Waals surface area contributed by atoms with E-state index < -0.39 is 5.97 Å². The number of fused-ring (bicyclic) bond motifs is 1. The molecule has 0 saturated heterocycles. The molecular weight excluding hydrogens is 314 g/mol. The van der Waals surface area contributed by atoms with Crippen LogP contribution in [0.3, 0.4) is 0 Å². The van der Waals surface area contributed by atoms with Gasteiger partial charge in [0, 0.05) is 6.04 Å². The molecular formula is C21H29NO3. The van der Waals surface area contributed by atoms with Gasteiger partial charge in [0.1, 0.15) is 0 Å². The van der Waals surface area contributed by atoms with Crippen LogP contribution in [0, 0.1) is 11.8 Å². The van der Waals surface area contributed by atoms with Crippen molar-refractivity contribution in [2.24, 2.45) is 11.8 Å². The molecule has 136 valence electrons. The largest absolute Gasteiger partial charge is 0.452 e. The summed E-state index contributed by atoms with van der Waals surface area (Å²) in [5.41, 5.74) is 3.13. The van der Waals surface area contributed by atoms with Gasteiger partial charge >= 0.3 is 5.97 Å². The van der Waals surface area contributed by atoms with Gasteiger partial charge in [0.05, 0.1) is 5.56 Å². The zero-order valence-corrected chi connectivity index (χ0v) is 15.3. The summed E-state index contributed by atoms with van der Waals surface area (Å²) in [5, 5.41) is 3.04. The number of carbonyl (C=O) groups excluding carboxylic acids is 2. The van der Waals surface area contributed by atoms with Crippen molar-refractivity contribution in [2.75, 3.05) is 6.61 Å². The molecule has 1 aromatic carbocycles. The van der Waals surface area contributed by atoms with Crippen molar-refractivity contribution in [2.45, 2.75) is 64.8 Å². The second-order valence-corrected chi connectivity index (χ2v) is 7.71. The van der Waals surface area contributed by atoms with Crippen LogP contribution in [0.15, 0.2) is 18.2 Å². The highest BCUT2D eigenvalue weighted by molar-refractivity contribution is 5.91. The summed E-state index contributed by atoms with van der Waals surface area (Å²) in [5.74, 6) is 0.483. The van der Waals surface area contributed by atoms with E-state index in [0.29, 0.717) is 17.4 Å². The Labute approximate surface area is 150 Å². The molecule has 0 bridgehead atoms. The Morgan fingerprint density at radius 3 is 2.64 bits per heavy atom. The lowest BCUT2D eigenvalue weighted by atomic mass is 9.78. The van der Waals surface area contributed by atoms with Gasteiger partial charge < -0.3 is 10.1 Å². The number of esters is 1. The van der Waals surface area contributed by atoms with E-state index in [4.69, 9.17) is 4.74 Å². The Bertz CT molecular complexity index is 640. The minimum atomic E-state index is -0.409. The van der Waals surface area contributed by atoms with Gasteiger partial charge in [-0.2, -0.15) is 0 Å². The molecule has 1 fully saturated rings. The van der Waals surface area contributed by atoms with Crippen molar-refractivity contribution >= 4 is 11.9 Å². The third-order valence-corrected chi connectivity index (χ3v) is 5.97. The lowest BCUT2D eigenvalue weighted by Gasteiger charge is -2.34. The van der Waals surface area contributed by atoms with E-state index in [1.165, 1.54) is 30.4 Å². The normalized spacial score (nSPS) is 25.8. The summed E-state index contributed by atoms with van der Waals surface area (Å²) in [6.07, 6.45) is 7.88. The number of rotatable bonds is 4. The quantitative estimate of drug-likeness (QED) is 0.849. The first-order chi connectivity index (χ1) is 12.0. The molecule has 4 heteroatoms. The van der Waals surface area contributed by atoms with E-state index in [1.807, 2.05) is 18.2 Å². The number of nitrogens with one attached hydrogen (secondary N) is 1. The number of ether oxygens (including phenoxy) is 1. The van der Waals surface area contributed by atoms with Crippen molar-refractivity contribution in [1.82, 2.24) is 5.32 Å². The molecule has 3 rings (SSSR count). The lowest BCUT2D eigenvalue weighted by molar-refractivity contribution is -0.125. The number of amides is 1. The number of hydrogen-bond donors (Lipinski definition) is 1. The predicted octanol–water partition coefficient (Wildman–Crippen LogP) is 3.66. The first-order valence-corrected chi connectivity index (χ1v) is 9.63. The van der Waals surface area contributed by atoms with E-state index in [0.717, 1.165) is 25.7 Å². The summed E-state index contributed by atoms with van der Waals surface area (Å²) in [4.78, 5) is 24.4. The minimum Gasteiger partial charge on any atom is -0.452 e. The number of benzene rings is 1. The van der Waals surface area contributed by atoms with Gasteiger partial charge in [-0.05, 0) is 67.2 Å². The molecule has 3 atom stereocenters. The van der Waals surface area contributed by atoms with Gasteiger partial charge in [-0.25, -0.2) is 4.79 Å². The smallest absolute Gasteiger partial charge is 0.338 e. The molecule has 2 aliphatic carbocycles. The van der Waals surface area contributed by atoms with Crippen molar-refractivity contribution < 1.29 is 14.3 Å². The monoisotopic (exact) mass is 343 g/mol. The van der Waals surface area contributed by atoms with Gasteiger partial charge in [-0.15, -0.1) is 0 Å². The molecule has 4 nitrogen and oxygen atoms in total. The highest BCUT2D eigenvalue weighted by Gasteiger charge is 2.28. The van der Waals surface area contributed by atoms with E-state index in [2.05, 4.69) is 19.2 Å². The molecule has 0 aromatic heterocycles. The number of carbonyl (C=O) groups is 2. The maximum atomic E-state index is 12.2. The van der Waals surface area contributed by atoms with Crippen LogP contribution in [0.5, 0.6) is 0 Å². The Kier molecular flexibility index (Phi) is 5.77. The second kappa shape index (κ2) is 8.03. The van der Waals surface area contributed by atoms with Gasteiger partial charge in [-0.1, -0.05) is 32.8 Å². The van der Waals surface area contributed by atoms with Crippen molar-refractivity contribution in [3.8, 4) is 0 Å². The van der Waals surface area contributed by atoms with Crippen molar-refractivity contribution in [3.05, 3.63) is 34.9 Å². The third-order valence-electron chi connectivity index (χ3n) is 5.97. The maximum Gasteiger partial charge on any atom is 0.338 e. The molecule has 1 saturated carbocycles. The highest BCUT2D eigenvalue weighted by atomic mass is 16.5. The number of aryl methyl sites for hydroxylation is 2. The van der Waals surface area contributed by atoms with E-state index >= 15 is 0 Å². The summed E-state index contributed by atoms with van der Waals surface area (Å²) in [6.45, 7) is 4.22. The first-order valence-electron chi connectivity index (χ1n) is 9.63. The van der Waals surface area contributed by atoms with Crippen LogP contribution >= 0.6 is 0 Å². The summed E-state index contributed by atoms with van der Waals surface area (Å²) < 4.78 is 5.23. The van der Waals surface area contributed by atoms with Crippen LogP contribution in [-0.2, 0) is 22.4 Å². The summed E-state index contributed by atoms with van der Waals surface area (Å²) in [6, 6.07) is 5.96. The fourth-order valence-corrected chi connectivity index (χ4v) is 4.11. The molecule has 1 N–H and O–H groups in total. The molecule has 0 radical (unpaired) electrons. The van der Waals surface area contributed by atoms with Gasteiger partial charge in [0.15, 0.2) is 6.61 Å². The molecule has 25 heavy (non-hydrogen) atoms. The molecule has 0 spiro atoms. The zero-order chi connectivity index (χ0) is 17.8. The molecule has 1 amide bonds. The lowest BCUT2D eigenvalue weighted by Crippen LogP contribution is -2.45.